The van der Waals surface area contributed by atoms with Gasteiger partial charge in [-0.05, 0) is 81.9 Å². The number of aromatic nitrogens is 2. The number of benzene rings is 6. The first-order valence-electron chi connectivity index (χ1n) is 16.8. The van der Waals surface area contributed by atoms with E-state index in [9.17, 15) is 21.0 Å². The lowest BCUT2D eigenvalue weighted by atomic mass is 9.79. The predicted molar refractivity (Wildman–Crippen MR) is 200 cm³/mol. The lowest BCUT2D eigenvalue weighted by molar-refractivity contribution is 0.617. The molecule has 8 nitrogen and oxygen atoms in total. The molecular formula is C45H24N6O2. The highest BCUT2D eigenvalue weighted by molar-refractivity contribution is 5.94. The lowest BCUT2D eigenvalue weighted by Crippen LogP contribution is -2.15. The van der Waals surface area contributed by atoms with E-state index < -0.39 is 0 Å². The van der Waals surface area contributed by atoms with Gasteiger partial charge in [-0.1, -0.05) is 74.5 Å². The standard InChI is InChI=1S/C45H24N6O2/c1-45(2)35-10-4-3-9-29(35)30-16-15-25(20-36(30)45)41-31(21-46)33(23-48)42(34(24-49)32(41)22-47)26-17-27(43-50-37-11-5-7-13-39(37)52-43)19-28(18-26)44-51-38-12-6-8-14-40(38)53-44/h3-20H,1-2H3. The fraction of sp³-hybridized carbons (Fsp3) is 0.0667. The molecule has 53 heavy (non-hydrogen) atoms. The van der Waals surface area contributed by atoms with Crippen molar-refractivity contribution in [3.05, 3.63) is 143 Å². The molecule has 0 N–H and O–H groups in total. The van der Waals surface area contributed by atoms with Crippen LogP contribution < -0.4 is 0 Å². The van der Waals surface area contributed by atoms with E-state index >= 15 is 0 Å². The normalized spacial score (nSPS) is 12.4. The molecule has 0 amide bonds. The minimum Gasteiger partial charge on any atom is -0.436 e. The smallest absolute Gasteiger partial charge is 0.227 e. The first-order chi connectivity index (χ1) is 25.8. The summed E-state index contributed by atoms with van der Waals surface area (Å²) in [5, 5.41) is 43.2. The minimum atomic E-state index is -0.357. The van der Waals surface area contributed by atoms with Crippen molar-refractivity contribution in [3.63, 3.8) is 0 Å². The molecule has 2 aromatic heterocycles. The van der Waals surface area contributed by atoms with Crippen LogP contribution in [-0.2, 0) is 5.41 Å². The van der Waals surface area contributed by atoms with Gasteiger partial charge >= 0.3 is 0 Å². The van der Waals surface area contributed by atoms with Crippen molar-refractivity contribution in [2.45, 2.75) is 19.3 Å². The number of nitrogens with zero attached hydrogens (tertiary/aromatic N) is 6. The molecule has 8 heteroatoms. The zero-order valence-electron chi connectivity index (χ0n) is 28.4. The summed E-state index contributed by atoms with van der Waals surface area (Å²) in [6.07, 6.45) is 0. The van der Waals surface area contributed by atoms with Crippen molar-refractivity contribution < 1.29 is 8.83 Å². The number of hydrogen-bond acceptors (Lipinski definition) is 8. The quantitative estimate of drug-likeness (QED) is 0.178. The zero-order valence-corrected chi connectivity index (χ0v) is 28.4. The minimum absolute atomic E-state index is 0.00185. The molecule has 0 fully saturated rings. The highest BCUT2D eigenvalue weighted by Gasteiger charge is 2.36. The Bertz CT molecular complexity index is 2830. The second-order valence-electron chi connectivity index (χ2n) is 13.4. The Morgan fingerprint density at radius 3 is 1.45 bits per heavy atom. The van der Waals surface area contributed by atoms with E-state index in [4.69, 9.17) is 18.8 Å². The van der Waals surface area contributed by atoms with E-state index in [0.29, 0.717) is 56.2 Å². The van der Waals surface area contributed by atoms with Crippen LogP contribution in [0.1, 0.15) is 47.2 Å². The Morgan fingerprint density at radius 2 is 0.925 bits per heavy atom. The van der Waals surface area contributed by atoms with Crippen LogP contribution in [-0.4, -0.2) is 9.97 Å². The third kappa shape index (κ3) is 4.65. The van der Waals surface area contributed by atoms with Crippen molar-refractivity contribution in [1.82, 2.24) is 9.97 Å². The molecule has 246 valence electrons. The van der Waals surface area contributed by atoms with Crippen LogP contribution in [0.5, 0.6) is 0 Å². The van der Waals surface area contributed by atoms with E-state index in [1.54, 1.807) is 12.1 Å². The molecule has 0 bridgehead atoms. The molecule has 0 unspecified atom stereocenters. The predicted octanol–water partition coefficient (Wildman–Crippen LogP) is 10.4. The Hall–Kier alpha value is -7.78. The molecule has 0 radical (unpaired) electrons. The monoisotopic (exact) mass is 680 g/mol. The number of hydrogen-bond donors (Lipinski definition) is 0. The summed E-state index contributed by atoms with van der Waals surface area (Å²) in [6.45, 7) is 4.28. The summed E-state index contributed by atoms with van der Waals surface area (Å²) < 4.78 is 12.3. The van der Waals surface area contributed by atoms with Gasteiger partial charge in [-0.15, -0.1) is 0 Å². The Labute approximate surface area is 303 Å². The zero-order chi connectivity index (χ0) is 36.4. The third-order valence-electron chi connectivity index (χ3n) is 10.1. The van der Waals surface area contributed by atoms with Crippen LogP contribution in [0.25, 0.3) is 78.5 Å². The maximum Gasteiger partial charge on any atom is 0.227 e. The average Bonchev–Trinajstić information content (AvgIpc) is 3.89. The van der Waals surface area contributed by atoms with Gasteiger partial charge < -0.3 is 8.83 Å². The SMILES string of the molecule is CC1(C)c2ccccc2-c2ccc(-c3c(C#N)c(C#N)c(-c4cc(-c5nc6ccccc6o5)cc(-c5nc6ccccc6o5)c4)c(C#N)c3C#N)cc21. The van der Waals surface area contributed by atoms with Crippen LogP contribution in [0.3, 0.4) is 0 Å². The van der Waals surface area contributed by atoms with Gasteiger partial charge in [-0.3, -0.25) is 0 Å². The summed E-state index contributed by atoms with van der Waals surface area (Å²) in [5.74, 6) is 0.587. The second kappa shape index (κ2) is 11.6. The largest absolute Gasteiger partial charge is 0.436 e. The van der Waals surface area contributed by atoms with Gasteiger partial charge in [0.05, 0.1) is 22.3 Å². The Morgan fingerprint density at radius 1 is 0.472 bits per heavy atom. The first kappa shape index (κ1) is 31.2. The molecule has 8 aromatic rings. The number of oxazole rings is 2. The second-order valence-corrected chi connectivity index (χ2v) is 13.4. The van der Waals surface area contributed by atoms with Gasteiger partial charge in [0.25, 0.3) is 0 Å². The fourth-order valence-electron chi connectivity index (χ4n) is 7.64. The summed E-state index contributed by atoms with van der Waals surface area (Å²) in [5.41, 5.74) is 8.83. The number of para-hydroxylation sites is 4. The van der Waals surface area contributed by atoms with Crippen molar-refractivity contribution in [2.75, 3.05) is 0 Å². The molecule has 9 rings (SSSR count). The molecule has 2 heterocycles. The molecule has 1 aliphatic rings. The van der Waals surface area contributed by atoms with Crippen molar-refractivity contribution >= 4 is 22.2 Å². The summed E-state index contributed by atoms with van der Waals surface area (Å²) in [7, 11) is 0. The molecule has 0 spiro atoms. The van der Waals surface area contributed by atoms with Crippen LogP contribution in [0.15, 0.2) is 118 Å². The van der Waals surface area contributed by atoms with Gasteiger partial charge in [0.1, 0.15) is 35.3 Å². The van der Waals surface area contributed by atoms with E-state index in [0.717, 1.165) is 16.7 Å². The molecule has 0 saturated heterocycles. The Kier molecular flexibility index (Phi) is 6.86. The molecule has 0 saturated carbocycles. The lowest BCUT2D eigenvalue weighted by Gasteiger charge is -2.22. The maximum atomic E-state index is 10.8. The number of fused-ring (bicyclic) bond motifs is 5. The van der Waals surface area contributed by atoms with Gasteiger partial charge in [0.2, 0.25) is 11.8 Å². The van der Waals surface area contributed by atoms with E-state index in [1.165, 1.54) is 5.56 Å². The molecule has 0 atom stereocenters. The van der Waals surface area contributed by atoms with Crippen LogP contribution in [0, 0.1) is 45.3 Å². The van der Waals surface area contributed by atoms with Crippen LogP contribution in [0.2, 0.25) is 0 Å². The summed E-state index contributed by atoms with van der Waals surface area (Å²) in [6, 6.07) is 43.0. The average molecular weight is 681 g/mol. The topological polar surface area (TPSA) is 147 Å². The van der Waals surface area contributed by atoms with E-state index in [-0.39, 0.29) is 38.8 Å². The maximum absolute atomic E-state index is 10.8. The summed E-state index contributed by atoms with van der Waals surface area (Å²) >= 11 is 0. The fourth-order valence-corrected chi connectivity index (χ4v) is 7.64. The molecular weight excluding hydrogens is 657 g/mol. The highest BCUT2D eigenvalue weighted by atomic mass is 16.4. The Balaban J connectivity index is 1.31. The van der Waals surface area contributed by atoms with Crippen molar-refractivity contribution in [2.24, 2.45) is 0 Å². The van der Waals surface area contributed by atoms with E-state index in [2.05, 4.69) is 50.3 Å². The van der Waals surface area contributed by atoms with Crippen molar-refractivity contribution in [1.29, 1.82) is 21.0 Å². The third-order valence-corrected chi connectivity index (χ3v) is 10.1. The van der Waals surface area contributed by atoms with Crippen molar-refractivity contribution in [3.8, 4) is 80.6 Å². The van der Waals surface area contributed by atoms with E-state index in [1.807, 2.05) is 84.9 Å². The number of rotatable bonds is 4. The highest BCUT2D eigenvalue weighted by Crippen LogP contribution is 2.50. The molecule has 6 aromatic carbocycles. The summed E-state index contributed by atoms with van der Waals surface area (Å²) in [4.78, 5) is 9.41. The molecule has 0 aliphatic heterocycles. The first-order valence-corrected chi connectivity index (χ1v) is 16.8. The van der Waals surface area contributed by atoms with Gasteiger partial charge in [-0.25, -0.2) is 9.97 Å². The van der Waals surface area contributed by atoms with Gasteiger partial charge in [0, 0.05) is 27.7 Å². The molecule has 1 aliphatic carbocycles. The van der Waals surface area contributed by atoms with Crippen LogP contribution >= 0.6 is 0 Å². The van der Waals surface area contributed by atoms with Gasteiger partial charge in [-0.2, -0.15) is 21.0 Å². The van der Waals surface area contributed by atoms with Gasteiger partial charge in [0.15, 0.2) is 11.2 Å². The van der Waals surface area contributed by atoms with Crippen LogP contribution in [0.4, 0.5) is 0 Å². The number of nitriles is 4.